The average Bonchev–Trinajstić information content (AvgIpc) is 3.33. The number of likely N-dealkylation sites (tertiary alicyclic amines) is 1. The van der Waals surface area contributed by atoms with E-state index < -0.39 is 0 Å². The Kier molecular flexibility index (Phi) is 3.17. The van der Waals surface area contributed by atoms with Gasteiger partial charge in [0.05, 0.1) is 11.8 Å². The Labute approximate surface area is 154 Å². The lowest BCUT2D eigenvalue weighted by atomic mass is 9.69. The maximum absolute atomic E-state index is 12.7. The van der Waals surface area contributed by atoms with Crippen molar-refractivity contribution >= 4 is 17.7 Å². The molecule has 140 valence electrons. The highest BCUT2D eigenvalue weighted by Gasteiger charge is 2.62. The summed E-state index contributed by atoms with van der Waals surface area (Å²) in [6.45, 7) is 6.80. The normalized spacial score (nSPS) is 47.1. The molecule has 1 saturated heterocycles. The van der Waals surface area contributed by atoms with Gasteiger partial charge in [0.15, 0.2) is 0 Å². The van der Waals surface area contributed by atoms with Crippen LogP contribution in [0.2, 0.25) is 0 Å². The van der Waals surface area contributed by atoms with E-state index in [1.807, 2.05) is 0 Å². The molecule has 3 amide bonds. The first-order chi connectivity index (χ1) is 12.2. The number of allylic oxidation sites excluding steroid dienone is 2. The third kappa shape index (κ3) is 1.84. The van der Waals surface area contributed by atoms with E-state index in [0.29, 0.717) is 5.92 Å². The van der Waals surface area contributed by atoms with Gasteiger partial charge in [-0.1, -0.05) is 32.9 Å². The molecule has 4 bridgehead atoms. The Morgan fingerprint density at radius 3 is 2.23 bits per heavy atom. The zero-order valence-electron chi connectivity index (χ0n) is 15.8. The lowest BCUT2D eigenvalue weighted by Crippen LogP contribution is -2.50. The second kappa shape index (κ2) is 4.99. The average molecular weight is 356 g/mol. The predicted molar refractivity (Wildman–Crippen MR) is 95.6 cm³/mol. The zero-order valence-corrected chi connectivity index (χ0v) is 15.8. The lowest BCUT2D eigenvalue weighted by Gasteiger charge is -2.39. The van der Waals surface area contributed by atoms with Crippen LogP contribution in [0, 0.1) is 40.4 Å². The second-order valence-electron chi connectivity index (χ2n) is 9.99. The van der Waals surface area contributed by atoms with Gasteiger partial charge in [0, 0.05) is 6.04 Å². The summed E-state index contributed by atoms with van der Waals surface area (Å²) in [4.78, 5) is 39.4. The minimum absolute atomic E-state index is 0.103. The van der Waals surface area contributed by atoms with Crippen molar-refractivity contribution in [2.24, 2.45) is 40.4 Å². The minimum atomic E-state index is -0.218. The summed E-state index contributed by atoms with van der Waals surface area (Å²) in [7, 11) is 0. The molecule has 0 aromatic rings. The summed E-state index contributed by atoms with van der Waals surface area (Å²) in [6.07, 6.45) is 8.46. The predicted octanol–water partition coefficient (Wildman–Crippen LogP) is 2.12. The second-order valence-corrected chi connectivity index (χ2v) is 9.99. The van der Waals surface area contributed by atoms with Gasteiger partial charge < -0.3 is 5.32 Å². The number of fused-ring (bicyclic) bond motifs is 7. The fourth-order valence-corrected chi connectivity index (χ4v) is 6.93. The quantitative estimate of drug-likeness (QED) is 0.622. The number of nitrogens with zero attached hydrogens (tertiary/aromatic N) is 1. The summed E-state index contributed by atoms with van der Waals surface area (Å²) in [5.41, 5.74) is 0.331. The molecule has 5 nitrogen and oxygen atoms in total. The topological polar surface area (TPSA) is 66.5 Å². The van der Waals surface area contributed by atoms with E-state index in [-0.39, 0.29) is 64.8 Å². The SMILES string of the molecule is CC1(C)[C@H]2CC[C@@]1(C)[C@@H](NC(=O)CN1C(=O)[C@@H]3[C@H](C1=O)[C@H]1C=C[C@H]3C1)C2. The van der Waals surface area contributed by atoms with E-state index >= 15 is 0 Å². The fourth-order valence-electron chi connectivity index (χ4n) is 6.93. The van der Waals surface area contributed by atoms with Crippen molar-refractivity contribution in [1.29, 1.82) is 0 Å². The maximum Gasteiger partial charge on any atom is 0.240 e. The number of hydrogen-bond acceptors (Lipinski definition) is 3. The monoisotopic (exact) mass is 356 g/mol. The van der Waals surface area contributed by atoms with E-state index in [1.54, 1.807) is 0 Å². The molecule has 7 atom stereocenters. The molecule has 1 aliphatic heterocycles. The molecule has 1 heterocycles. The number of carbonyl (C=O) groups excluding carboxylic acids is 3. The van der Waals surface area contributed by atoms with Gasteiger partial charge in [-0.15, -0.1) is 0 Å². The highest BCUT2D eigenvalue weighted by atomic mass is 16.2. The summed E-state index contributed by atoms with van der Waals surface area (Å²) in [5.74, 6) is 0.154. The van der Waals surface area contributed by atoms with Crippen LogP contribution >= 0.6 is 0 Å². The summed E-state index contributed by atoms with van der Waals surface area (Å²) in [6, 6.07) is 0.147. The number of hydrogen-bond donors (Lipinski definition) is 1. The fraction of sp³-hybridized carbons (Fsp3) is 0.762. The molecule has 0 unspecified atom stereocenters. The Bertz CT molecular complexity index is 712. The smallest absolute Gasteiger partial charge is 0.240 e. The Morgan fingerprint density at radius 1 is 1.12 bits per heavy atom. The standard InChI is InChI=1S/C21H28N2O3/c1-20(2)13-6-7-21(20,3)14(9-13)22-15(24)10-23-18(25)16-11-4-5-12(8-11)17(16)19(23)26/h4-5,11-14,16-17H,6-10H2,1-3H3,(H,22,24)/t11-,12-,13-,14-,16-,17+,21-/m0/s1. The highest BCUT2D eigenvalue weighted by Crippen LogP contribution is 2.65. The Balaban J connectivity index is 1.28. The number of imide groups is 1. The molecule has 26 heavy (non-hydrogen) atoms. The van der Waals surface area contributed by atoms with Crippen LogP contribution in [0.15, 0.2) is 12.2 Å². The van der Waals surface area contributed by atoms with Gasteiger partial charge in [-0.2, -0.15) is 0 Å². The van der Waals surface area contributed by atoms with Crippen LogP contribution in [0.5, 0.6) is 0 Å². The summed E-state index contributed by atoms with van der Waals surface area (Å²) < 4.78 is 0. The maximum atomic E-state index is 12.7. The molecule has 5 heteroatoms. The van der Waals surface area contributed by atoms with Crippen molar-refractivity contribution in [3.63, 3.8) is 0 Å². The van der Waals surface area contributed by atoms with Crippen LogP contribution in [-0.2, 0) is 14.4 Å². The first-order valence-electron chi connectivity index (χ1n) is 10.1. The van der Waals surface area contributed by atoms with E-state index in [1.165, 1.54) is 11.3 Å². The van der Waals surface area contributed by atoms with Crippen molar-refractivity contribution in [1.82, 2.24) is 10.2 Å². The van der Waals surface area contributed by atoms with E-state index in [9.17, 15) is 14.4 Å². The van der Waals surface area contributed by atoms with Gasteiger partial charge >= 0.3 is 0 Å². The Morgan fingerprint density at radius 2 is 1.73 bits per heavy atom. The van der Waals surface area contributed by atoms with Gasteiger partial charge in [0.1, 0.15) is 6.54 Å². The van der Waals surface area contributed by atoms with Crippen molar-refractivity contribution in [3.8, 4) is 0 Å². The van der Waals surface area contributed by atoms with Gasteiger partial charge in [-0.25, -0.2) is 0 Å². The molecule has 5 aliphatic rings. The molecule has 5 rings (SSSR count). The summed E-state index contributed by atoms with van der Waals surface area (Å²) >= 11 is 0. The van der Waals surface area contributed by atoms with E-state index in [2.05, 4.69) is 38.2 Å². The molecule has 0 spiro atoms. The molecule has 4 aliphatic carbocycles. The third-order valence-electron chi connectivity index (χ3n) is 8.99. The van der Waals surface area contributed by atoms with Crippen LogP contribution < -0.4 is 5.32 Å². The molecule has 0 aromatic heterocycles. The van der Waals surface area contributed by atoms with Crippen LogP contribution in [-0.4, -0.2) is 35.2 Å². The van der Waals surface area contributed by atoms with Crippen LogP contribution in [0.1, 0.15) is 46.5 Å². The first kappa shape index (κ1) is 16.5. The number of carbonyl (C=O) groups is 3. The van der Waals surface area contributed by atoms with Gasteiger partial charge in [0.2, 0.25) is 17.7 Å². The highest BCUT2D eigenvalue weighted by molar-refractivity contribution is 6.08. The molecule has 1 N–H and O–H groups in total. The van der Waals surface area contributed by atoms with Crippen LogP contribution in [0.3, 0.4) is 0 Å². The van der Waals surface area contributed by atoms with Gasteiger partial charge in [0.25, 0.3) is 0 Å². The van der Waals surface area contributed by atoms with Gasteiger partial charge in [-0.3, -0.25) is 19.3 Å². The largest absolute Gasteiger partial charge is 0.351 e. The summed E-state index contributed by atoms with van der Waals surface area (Å²) in [5, 5.41) is 3.18. The van der Waals surface area contributed by atoms with E-state index in [4.69, 9.17) is 0 Å². The molecular weight excluding hydrogens is 328 g/mol. The van der Waals surface area contributed by atoms with Crippen molar-refractivity contribution in [3.05, 3.63) is 12.2 Å². The van der Waals surface area contributed by atoms with E-state index in [0.717, 1.165) is 19.3 Å². The van der Waals surface area contributed by atoms with Crippen LogP contribution in [0.25, 0.3) is 0 Å². The number of nitrogens with one attached hydrogen (secondary N) is 1. The third-order valence-corrected chi connectivity index (χ3v) is 8.99. The Hall–Kier alpha value is -1.65. The molecule has 0 aromatic carbocycles. The first-order valence-corrected chi connectivity index (χ1v) is 10.1. The molecule has 4 fully saturated rings. The molecular formula is C21H28N2O3. The minimum Gasteiger partial charge on any atom is -0.351 e. The number of rotatable bonds is 3. The molecule has 0 radical (unpaired) electrons. The van der Waals surface area contributed by atoms with Crippen LogP contribution in [0.4, 0.5) is 0 Å². The van der Waals surface area contributed by atoms with Crippen molar-refractivity contribution in [2.45, 2.75) is 52.5 Å². The lowest BCUT2D eigenvalue weighted by molar-refractivity contribution is -0.144. The zero-order chi connectivity index (χ0) is 18.4. The molecule has 3 saturated carbocycles. The van der Waals surface area contributed by atoms with Crippen molar-refractivity contribution in [2.75, 3.05) is 6.54 Å². The van der Waals surface area contributed by atoms with Crippen molar-refractivity contribution < 1.29 is 14.4 Å². The number of amides is 3. The van der Waals surface area contributed by atoms with Gasteiger partial charge in [-0.05, 0) is 54.3 Å².